The molecule has 0 saturated carbocycles. The quantitative estimate of drug-likeness (QED) is 0.379. The van der Waals surface area contributed by atoms with Crippen LogP contribution >= 0.6 is 0 Å². The lowest BCUT2D eigenvalue weighted by Crippen LogP contribution is -2.40. The molecule has 1 aromatic heterocycles. The van der Waals surface area contributed by atoms with Gasteiger partial charge in [-0.05, 0) is 37.3 Å². The summed E-state index contributed by atoms with van der Waals surface area (Å²) in [6.07, 6.45) is 1.64. The third-order valence-electron chi connectivity index (χ3n) is 5.97. The molecule has 1 aliphatic rings. The highest BCUT2D eigenvalue weighted by Crippen LogP contribution is 2.40. The van der Waals surface area contributed by atoms with E-state index >= 15 is 0 Å². The number of aromatic nitrogens is 1. The van der Waals surface area contributed by atoms with Crippen LogP contribution in [0.5, 0.6) is 5.75 Å². The van der Waals surface area contributed by atoms with Crippen molar-refractivity contribution in [3.63, 3.8) is 0 Å². The molecule has 2 amide bonds. The van der Waals surface area contributed by atoms with Crippen molar-refractivity contribution < 1.29 is 24.5 Å². The molecule has 0 atom stereocenters. The molecule has 0 unspecified atom stereocenters. The zero-order valence-corrected chi connectivity index (χ0v) is 20.4. The van der Waals surface area contributed by atoms with Crippen LogP contribution in [0.25, 0.3) is 0 Å². The van der Waals surface area contributed by atoms with Crippen LogP contribution in [-0.4, -0.2) is 67.0 Å². The first-order valence-electron chi connectivity index (χ1n) is 11.5. The Bertz CT molecular complexity index is 1280. The van der Waals surface area contributed by atoms with Crippen LogP contribution in [0.3, 0.4) is 0 Å². The van der Waals surface area contributed by atoms with E-state index in [1.54, 1.807) is 42.4 Å². The normalized spacial score (nSPS) is 12.7. The van der Waals surface area contributed by atoms with Crippen molar-refractivity contribution in [1.82, 2.24) is 10.3 Å². The molecule has 2 aromatic carbocycles. The molecule has 0 radical (unpaired) electrons. The standard InChI is InChI=1S/C26H29N5O5/c1-4-36-23-11-16(25(34)28-17(14-32)15-33)9-10-19(23)29-24-12-21-22(13-27-24)31(3)26(35)18-7-5-6-8-20(18)30(21)2/h5-13,17,32-33H,4,14-15H2,1-3H3,(H,27,29)(H,28,34). The number of carbonyl (C=O) groups is 2. The van der Waals surface area contributed by atoms with Crippen LogP contribution in [0.15, 0.2) is 54.7 Å². The second-order valence-electron chi connectivity index (χ2n) is 8.30. The Balaban J connectivity index is 1.65. The highest BCUT2D eigenvalue weighted by Gasteiger charge is 2.27. The van der Waals surface area contributed by atoms with E-state index in [4.69, 9.17) is 4.74 Å². The number of aliphatic hydroxyl groups excluding tert-OH is 2. The molecule has 0 saturated heterocycles. The maximum Gasteiger partial charge on any atom is 0.260 e. The van der Waals surface area contributed by atoms with Gasteiger partial charge >= 0.3 is 0 Å². The van der Waals surface area contributed by atoms with Crippen LogP contribution < -0.4 is 25.2 Å². The van der Waals surface area contributed by atoms with Crippen LogP contribution in [0, 0.1) is 0 Å². The molecule has 4 rings (SSSR count). The van der Waals surface area contributed by atoms with Crippen molar-refractivity contribution in [3.05, 3.63) is 65.9 Å². The van der Waals surface area contributed by atoms with Crippen molar-refractivity contribution >= 4 is 40.4 Å². The van der Waals surface area contributed by atoms with Gasteiger partial charge in [-0.2, -0.15) is 0 Å². The molecule has 10 heteroatoms. The summed E-state index contributed by atoms with van der Waals surface area (Å²) in [5.74, 6) is 0.416. The number of nitrogens with one attached hydrogen (secondary N) is 2. The molecule has 3 aromatic rings. The van der Waals surface area contributed by atoms with E-state index in [-0.39, 0.29) is 19.1 Å². The lowest BCUT2D eigenvalue weighted by atomic mass is 10.1. The molecular weight excluding hydrogens is 462 g/mol. The van der Waals surface area contributed by atoms with Gasteiger partial charge in [-0.25, -0.2) is 4.98 Å². The minimum Gasteiger partial charge on any atom is -0.492 e. The van der Waals surface area contributed by atoms with Gasteiger partial charge in [-0.15, -0.1) is 0 Å². The predicted molar refractivity (Wildman–Crippen MR) is 138 cm³/mol. The number of ether oxygens (including phenoxy) is 1. The monoisotopic (exact) mass is 491 g/mol. The first kappa shape index (κ1) is 25.0. The molecule has 36 heavy (non-hydrogen) atoms. The average Bonchev–Trinajstić information content (AvgIpc) is 2.98. The Morgan fingerprint density at radius 2 is 1.78 bits per heavy atom. The maximum atomic E-state index is 13.0. The van der Waals surface area contributed by atoms with Crippen molar-refractivity contribution in [3.8, 4) is 5.75 Å². The second-order valence-corrected chi connectivity index (χ2v) is 8.30. The number of nitrogens with zero attached hydrogens (tertiary/aromatic N) is 3. The third kappa shape index (κ3) is 4.81. The number of fused-ring (bicyclic) bond motifs is 2. The number of pyridine rings is 1. The van der Waals surface area contributed by atoms with Gasteiger partial charge in [0.1, 0.15) is 11.6 Å². The lowest BCUT2D eigenvalue weighted by molar-refractivity contribution is 0.0878. The summed E-state index contributed by atoms with van der Waals surface area (Å²) in [5, 5.41) is 24.3. The van der Waals surface area contributed by atoms with E-state index < -0.39 is 11.9 Å². The Labute approximate surface area is 209 Å². The molecule has 4 N–H and O–H groups in total. The van der Waals surface area contributed by atoms with Gasteiger partial charge in [0.05, 0.1) is 60.4 Å². The SMILES string of the molecule is CCOc1cc(C(=O)NC(CO)CO)ccc1Nc1cc2c(cn1)N(C)C(=O)c1ccccc1N2C. The molecule has 0 fully saturated rings. The average molecular weight is 492 g/mol. The number of amides is 2. The van der Waals surface area contributed by atoms with Crippen LogP contribution in [0.2, 0.25) is 0 Å². The highest BCUT2D eigenvalue weighted by atomic mass is 16.5. The molecule has 188 valence electrons. The largest absolute Gasteiger partial charge is 0.492 e. The van der Waals surface area contributed by atoms with E-state index in [1.165, 1.54) is 0 Å². The van der Waals surface area contributed by atoms with Gasteiger partial charge in [0.15, 0.2) is 0 Å². The van der Waals surface area contributed by atoms with E-state index in [2.05, 4.69) is 15.6 Å². The molecule has 0 spiro atoms. The number of hydrogen-bond donors (Lipinski definition) is 4. The van der Waals surface area contributed by atoms with Gasteiger partial charge in [0.2, 0.25) is 0 Å². The van der Waals surface area contributed by atoms with Crippen molar-refractivity contribution in [2.24, 2.45) is 0 Å². The first-order valence-corrected chi connectivity index (χ1v) is 11.5. The van der Waals surface area contributed by atoms with E-state index in [0.717, 1.165) is 11.4 Å². The smallest absolute Gasteiger partial charge is 0.260 e. The van der Waals surface area contributed by atoms with Gasteiger partial charge in [-0.1, -0.05) is 12.1 Å². The number of anilines is 5. The van der Waals surface area contributed by atoms with Crippen molar-refractivity contribution in [1.29, 1.82) is 0 Å². The minimum absolute atomic E-state index is 0.115. The predicted octanol–water partition coefficient (Wildman–Crippen LogP) is 2.66. The zero-order valence-electron chi connectivity index (χ0n) is 20.4. The summed E-state index contributed by atoms with van der Waals surface area (Å²) < 4.78 is 5.76. The zero-order chi connectivity index (χ0) is 25.8. The topological polar surface area (TPSA) is 127 Å². The molecule has 2 heterocycles. The number of carbonyl (C=O) groups excluding carboxylic acids is 2. The Hall–Kier alpha value is -4.15. The summed E-state index contributed by atoms with van der Waals surface area (Å²) in [6, 6.07) is 13.4. The molecule has 0 aliphatic carbocycles. The Kier molecular flexibility index (Phi) is 7.37. The van der Waals surface area contributed by atoms with E-state index in [1.807, 2.05) is 43.1 Å². The van der Waals surface area contributed by atoms with Gasteiger partial charge in [-0.3, -0.25) is 9.59 Å². The van der Waals surface area contributed by atoms with Crippen molar-refractivity contribution in [2.75, 3.05) is 49.0 Å². The first-order chi connectivity index (χ1) is 17.4. The fraction of sp³-hybridized carbons (Fsp3) is 0.269. The lowest BCUT2D eigenvalue weighted by Gasteiger charge is -2.23. The Morgan fingerprint density at radius 3 is 2.50 bits per heavy atom. The van der Waals surface area contributed by atoms with Crippen LogP contribution in [0.4, 0.5) is 28.6 Å². The Morgan fingerprint density at radius 1 is 1.03 bits per heavy atom. The number of hydrogen-bond acceptors (Lipinski definition) is 8. The van der Waals surface area contributed by atoms with Gasteiger partial charge < -0.3 is 35.4 Å². The fourth-order valence-corrected chi connectivity index (χ4v) is 4.00. The summed E-state index contributed by atoms with van der Waals surface area (Å²) in [7, 11) is 3.62. The highest BCUT2D eigenvalue weighted by molar-refractivity contribution is 6.13. The second kappa shape index (κ2) is 10.6. The number of rotatable bonds is 8. The van der Waals surface area contributed by atoms with E-state index in [0.29, 0.717) is 40.7 Å². The minimum atomic E-state index is -0.748. The third-order valence-corrected chi connectivity index (χ3v) is 5.97. The molecular formula is C26H29N5O5. The summed E-state index contributed by atoms with van der Waals surface area (Å²) in [6.45, 7) is 1.47. The van der Waals surface area contributed by atoms with E-state index in [9.17, 15) is 19.8 Å². The van der Waals surface area contributed by atoms with Gasteiger partial charge in [0, 0.05) is 25.7 Å². The van der Waals surface area contributed by atoms with Crippen LogP contribution in [0.1, 0.15) is 27.6 Å². The van der Waals surface area contributed by atoms with Gasteiger partial charge in [0.25, 0.3) is 11.8 Å². The molecule has 1 aliphatic heterocycles. The number of aliphatic hydroxyl groups is 2. The maximum absolute atomic E-state index is 13.0. The number of benzene rings is 2. The van der Waals surface area contributed by atoms with Crippen LogP contribution in [-0.2, 0) is 0 Å². The van der Waals surface area contributed by atoms with Crippen molar-refractivity contribution in [2.45, 2.75) is 13.0 Å². The molecule has 0 bridgehead atoms. The fourth-order valence-electron chi connectivity index (χ4n) is 4.00. The summed E-state index contributed by atoms with van der Waals surface area (Å²) >= 11 is 0. The molecule has 10 nitrogen and oxygen atoms in total. The number of para-hydroxylation sites is 1. The summed E-state index contributed by atoms with van der Waals surface area (Å²) in [5.41, 5.74) is 3.78. The summed E-state index contributed by atoms with van der Waals surface area (Å²) in [4.78, 5) is 33.6.